The predicted octanol–water partition coefficient (Wildman–Crippen LogP) is 3.70. The third-order valence-electron chi connectivity index (χ3n) is 2.33. The van der Waals surface area contributed by atoms with Crippen molar-refractivity contribution in [2.24, 2.45) is 5.92 Å². The molecule has 1 rings (SSSR count). The van der Waals surface area contributed by atoms with Gasteiger partial charge in [-0.05, 0) is 24.5 Å². The molecule has 0 fully saturated rings. The number of halogens is 2. The maximum absolute atomic E-state index is 13.4. The Bertz CT molecular complexity index is 362. The zero-order valence-corrected chi connectivity index (χ0v) is 11.5. The summed E-state index contributed by atoms with van der Waals surface area (Å²) < 4.78 is 32.2. The zero-order chi connectivity index (χ0) is 13.5. The molecule has 1 aromatic carbocycles. The first-order valence-corrected chi connectivity index (χ1v) is 6.94. The van der Waals surface area contributed by atoms with E-state index in [2.05, 4.69) is 13.8 Å². The second kappa shape index (κ2) is 7.59. The lowest BCUT2D eigenvalue weighted by molar-refractivity contribution is 0.138. The van der Waals surface area contributed by atoms with Gasteiger partial charge >= 0.3 is 0 Å². The summed E-state index contributed by atoms with van der Waals surface area (Å²) in [6, 6.07) is 2.26. The summed E-state index contributed by atoms with van der Waals surface area (Å²) in [5.41, 5.74) is 5.44. The molecule has 0 aliphatic heterocycles. The van der Waals surface area contributed by atoms with E-state index in [9.17, 15) is 8.78 Å². The van der Waals surface area contributed by atoms with Gasteiger partial charge in [0.25, 0.3) is 0 Å². The Morgan fingerprint density at radius 2 is 1.83 bits per heavy atom. The van der Waals surface area contributed by atoms with Gasteiger partial charge in [-0.2, -0.15) is 0 Å². The molecule has 0 saturated heterocycles. The van der Waals surface area contributed by atoms with Gasteiger partial charge < -0.3 is 10.5 Å². The van der Waals surface area contributed by atoms with Crippen LogP contribution in [0.3, 0.4) is 0 Å². The molecule has 1 aromatic rings. The van der Waals surface area contributed by atoms with E-state index in [-0.39, 0.29) is 10.6 Å². The summed E-state index contributed by atoms with van der Waals surface area (Å²) in [5, 5.41) is 0. The van der Waals surface area contributed by atoms with Crippen LogP contribution >= 0.6 is 11.8 Å². The molecule has 2 N–H and O–H groups in total. The minimum atomic E-state index is -0.611. The average molecular weight is 275 g/mol. The number of ether oxygens (including phenoxy) is 1. The summed E-state index contributed by atoms with van der Waals surface area (Å²) in [6.45, 7) is 5.42. The van der Waals surface area contributed by atoms with E-state index in [1.807, 2.05) is 0 Å². The molecule has 0 spiro atoms. The molecule has 5 heteroatoms. The van der Waals surface area contributed by atoms with Crippen LogP contribution in [0.25, 0.3) is 0 Å². The first kappa shape index (κ1) is 15.2. The van der Waals surface area contributed by atoms with Crippen LogP contribution in [0.5, 0.6) is 0 Å². The van der Waals surface area contributed by atoms with Crippen LogP contribution in [0.4, 0.5) is 14.5 Å². The summed E-state index contributed by atoms with van der Waals surface area (Å²) in [6.07, 6.45) is 0.995. The lowest BCUT2D eigenvalue weighted by Gasteiger charge is -2.08. The second-order valence-corrected chi connectivity index (χ2v) is 5.56. The summed E-state index contributed by atoms with van der Waals surface area (Å²) in [7, 11) is 0. The molecule has 0 aliphatic carbocycles. The van der Waals surface area contributed by atoms with Crippen LogP contribution in [-0.4, -0.2) is 19.0 Å². The SMILES string of the molecule is CC(C)CCOCCSc1c(F)cc(N)cc1F. The fourth-order valence-electron chi connectivity index (χ4n) is 1.34. The van der Waals surface area contributed by atoms with Crippen LogP contribution in [0, 0.1) is 17.6 Å². The van der Waals surface area contributed by atoms with Gasteiger partial charge in [-0.15, -0.1) is 11.8 Å². The molecule has 0 amide bonds. The number of hydrogen-bond donors (Lipinski definition) is 1. The molecule has 0 bridgehead atoms. The van der Waals surface area contributed by atoms with E-state index < -0.39 is 11.6 Å². The van der Waals surface area contributed by atoms with Crippen LogP contribution < -0.4 is 5.73 Å². The number of thioether (sulfide) groups is 1. The largest absolute Gasteiger partial charge is 0.399 e. The molecule has 18 heavy (non-hydrogen) atoms. The fourth-order valence-corrected chi connectivity index (χ4v) is 2.14. The van der Waals surface area contributed by atoms with Crippen molar-refractivity contribution < 1.29 is 13.5 Å². The van der Waals surface area contributed by atoms with E-state index in [4.69, 9.17) is 10.5 Å². The smallest absolute Gasteiger partial charge is 0.141 e. The van der Waals surface area contributed by atoms with Gasteiger partial charge in [0.1, 0.15) is 11.6 Å². The molecule has 0 radical (unpaired) electrons. The highest BCUT2D eigenvalue weighted by molar-refractivity contribution is 7.99. The number of benzene rings is 1. The van der Waals surface area contributed by atoms with Crippen molar-refractivity contribution >= 4 is 17.4 Å². The van der Waals surface area contributed by atoms with E-state index in [0.29, 0.717) is 24.9 Å². The maximum Gasteiger partial charge on any atom is 0.141 e. The van der Waals surface area contributed by atoms with E-state index in [1.54, 1.807) is 0 Å². The van der Waals surface area contributed by atoms with Crippen LogP contribution in [0.2, 0.25) is 0 Å². The Labute approximate surface area is 111 Å². The van der Waals surface area contributed by atoms with Crippen molar-refractivity contribution in [3.63, 3.8) is 0 Å². The summed E-state index contributed by atoms with van der Waals surface area (Å²) >= 11 is 1.11. The number of hydrogen-bond acceptors (Lipinski definition) is 3. The Morgan fingerprint density at radius 1 is 1.22 bits per heavy atom. The Morgan fingerprint density at radius 3 is 2.39 bits per heavy atom. The van der Waals surface area contributed by atoms with Crippen molar-refractivity contribution in [2.45, 2.75) is 25.2 Å². The predicted molar refractivity (Wildman–Crippen MR) is 71.8 cm³/mol. The van der Waals surface area contributed by atoms with Gasteiger partial charge in [0.15, 0.2) is 0 Å². The molecule has 102 valence electrons. The van der Waals surface area contributed by atoms with E-state index >= 15 is 0 Å². The van der Waals surface area contributed by atoms with Gasteiger partial charge in [-0.1, -0.05) is 13.8 Å². The van der Waals surface area contributed by atoms with Crippen LogP contribution in [0.15, 0.2) is 17.0 Å². The lowest BCUT2D eigenvalue weighted by Crippen LogP contribution is -2.03. The highest BCUT2D eigenvalue weighted by atomic mass is 32.2. The van der Waals surface area contributed by atoms with Crippen molar-refractivity contribution in [1.29, 1.82) is 0 Å². The standard InChI is InChI=1S/C13H19F2NOS/c1-9(2)3-4-17-5-6-18-13-11(14)7-10(16)8-12(13)15/h7-9H,3-6,16H2,1-2H3. The summed E-state index contributed by atoms with van der Waals surface area (Å²) in [4.78, 5) is 0.0108. The quantitative estimate of drug-likeness (QED) is 0.468. The average Bonchev–Trinajstić information content (AvgIpc) is 2.25. The van der Waals surface area contributed by atoms with Gasteiger partial charge in [0, 0.05) is 18.0 Å². The zero-order valence-electron chi connectivity index (χ0n) is 10.7. The Balaban J connectivity index is 2.31. The minimum Gasteiger partial charge on any atom is -0.399 e. The highest BCUT2D eigenvalue weighted by Gasteiger charge is 2.10. The maximum atomic E-state index is 13.4. The fraction of sp³-hybridized carbons (Fsp3) is 0.538. The van der Waals surface area contributed by atoms with Crippen LogP contribution in [0.1, 0.15) is 20.3 Å². The monoisotopic (exact) mass is 275 g/mol. The second-order valence-electron chi connectivity index (χ2n) is 4.46. The molecule has 0 atom stereocenters. The third-order valence-corrected chi connectivity index (χ3v) is 3.38. The van der Waals surface area contributed by atoms with Crippen LogP contribution in [-0.2, 0) is 4.74 Å². The van der Waals surface area contributed by atoms with E-state index in [0.717, 1.165) is 30.3 Å². The number of nitrogen functional groups attached to an aromatic ring is 1. The first-order valence-electron chi connectivity index (χ1n) is 5.95. The molecule has 0 aliphatic rings. The lowest BCUT2D eigenvalue weighted by atomic mass is 10.1. The van der Waals surface area contributed by atoms with Gasteiger partial charge in [0.05, 0.1) is 11.5 Å². The third kappa shape index (κ3) is 5.23. The molecule has 2 nitrogen and oxygen atoms in total. The molecular formula is C13H19F2NOS. The summed E-state index contributed by atoms with van der Waals surface area (Å²) in [5.74, 6) is -0.0976. The minimum absolute atomic E-state index is 0.0108. The number of anilines is 1. The van der Waals surface area contributed by atoms with Gasteiger partial charge in [0.2, 0.25) is 0 Å². The highest BCUT2D eigenvalue weighted by Crippen LogP contribution is 2.26. The molecule has 0 aromatic heterocycles. The first-order chi connectivity index (χ1) is 8.50. The Kier molecular flexibility index (Phi) is 6.43. The number of nitrogens with two attached hydrogens (primary N) is 1. The normalized spacial score (nSPS) is 11.2. The van der Waals surface area contributed by atoms with Gasteiger partial charge in [-0.3, -0.25) is 0 Å². The molecule has 0 heterocycles. The van der Waals surface area contributed by atoms with E-state index in [1.165, 1.54) is 0 Å². The van der Waals surface area contributed by atoms with Crippen molar-refractivity contribution in [3.05, 3.63) is 23.8 Å². The van der Waals surface area contributed by atoms with Gasteiger partial charge in [-0.25, -0.2) is 8.78 Å². The van der Waals surface area contributed by atoms with Crippen molar-refractivity contribution in [3.8, 4) is 0 Å². The molecular weight excluding hydrogens is 256 g/mol. The van der Waals surface area contributed by atoms with Crippen molar-refractivity contribution in [1.82, 2.24) is 0 Å². The Hall–Kier alpha value is -0.810. The number of rotatable bonds is 7. The van der Waals surface area contributed by atoms with Crippen molar-refractivity contribution in [2.75, 3.05) is 24.7 Å². The topological polar surface area (TPSA) is 35.2 Å². The molecule has 0 saturated carbocycles. The molecule has 0 unspecified atom stereocenters.